The molecule has 2 unspecified atom stereocenters. The van der Waals surface area contributed by atoms with Gasteiger partial charge in [0, 0.05) is 13.0 Å². The Labute approximate surface area is 437 Å². The number of allylic oxidation sites excluding steroid dienone is 20. The van der Waals surface area contributed by atoms with Gasteiger partial charge in [0.15, 0.2) is 0 Å². The lowest BCUT2D eigenvalue weighted by Gasteiger charge is -2.24. The molecule has 0 aliphatic carbocycles. The Kier molecular flexibility index (Phi) is 50.9. The number of hydrogen-bond acceptors (Lipinski definition) is 6. The van der Waals surface area contributed by atoms with E-state index in [1.54, 1.807) is 0 Å². The van der Waals surface area contributed by atoms with E-state index in [0.29, 0.717) is 24.1 Å². The minimum Gasteiger partial charge on any atom is -0.457 e. The van der Waals surface area contributed by atoms with Gasteiger partial charge >= 0.3 is 13.8 Å². The molecule has 0 aromatic rings. The van der Waals surface area contributed by atoms with E-state index < -0.39 is 13.9 Å². The minimum absolute atomic E-state index is 0.0742. The summed E-state index contributed by atoms with van der Waals surface area (Å²) in [5.74, 6) is -0.335. The molecule has 0 heterocycles. The summed E-state index contributed by atoms with van der Waals surface area (Å²) in [5, 5.41) is 0. The second kappa shape index (κ2) is 53.2. The van der Waals surface area contributed by atoms with Crippen molar-refractivity contribution in [1.29, 1.82) is 0 Å². The Morgan fingerprint density at radius 2 is 0.817 bits per heavy atom. The number of esters is 1. The zero-order valence-electron chi connectivity index (χ0n) is 46.2. The highest BCUT2D eigenvalue weighted by Gasteiger charge is 2.26. The van der Waals surface area contributed by atoms with Crippen LogP contribution in [0.1, 0.15) is 206 Å². The van der Waals surface area contributed by atoms with E-state index in [9.17, 15) is 14.3 Å². The predicted molar refractivity (Wildman–Crippen MR) is 307 cm³/mol. The molecule has 8 nitrogen and oxygen atoms in total. The molecule has 0 fully saturated rings. The molecule has 0 saturated carbocycles. The molecule has 71 heavy (non-hydrogen) atoms. The lowest BCUT2D eigenvalue weighted by Crippen LogP contribution is -2.37. The maximum absolute atomic E-state index is 12.8. The average Bonchev–Trinajstić information content (AvgIpc) is 3.33. The molecular formula is C62H107NO7P+. The molecule has 0 aliphatic rings. The number of carbonyl (C=O) groups excluding carboxylic acids is 1. The predicted octanol–water partition coefficient (Wildman–Crippen LogP) is 18.1. The second-order valence-electron chi connectivity index (χ2n) is 19.6. The zero-order chi connectivity index (χ0) is 51.9. The fourth-order valence-electron chi connectivity index (χ4n) is 7.19. The molecule has 0 radical (unpaired) electrons. The largest absolute Gasteiger partial charge is 0.472 e. The third-order valence-electron chi connectivity index (χ3n) is 11.5. The van der Waals surface area contributed by atoms with E-state index >= 15 is 0 Å². The maximum Gasteiger partial charge on any atom is 0.472 e. The SMILES string of the molecule is CC/C=C\C/C=C\C/C=C\C/C=C\C/C=C\C/C=C\C/C=C\CCCCCCOCC(COP(=O)(O)OCC[N+](C)(C)C)OC(=O)CCCCCCCCCC/C=C\C/C=C\C/C=C\CCCCCCC. The Balaban J connectivity index is 4.22. The quantitative estimate of drug-likeness (QED) is 0.0213. The smallest absolute Gasteiger partial charge is 0.457 e. The summed E-state index contributed by atoms with van der Waals surface area (Å²) in [6.45, 7) is 5.40. The van der Waals surface area contributed by atoms with Crippen molar-refractivity contribution < 1.29 is 37.3 Å². The number of carbonyl (C=O) groups is 1. The molecule has 0 aliphatic heterocycles. The number of rotatable bonds is 51. The fraction of sp³-hybridized carbons (Fsp3) is 0.661. The van der Waals surface area contributed by atoms with Gasteiger partial charge in [-0.1, -0.05) is 212 Å². The summed E-state index contributed by atoms with van der Waals surface area (Å²) in [6, 6.07) is 0. The number of ether oxygens (including phenoxy) is 2. The van der Waals surface area contributed by atoms with Gasteiger partial charge in [-0.3, -0.25) is 13.8 Å². The molecule has 0 amide bonds. The molecular weight excluding hydrogens is 902 g/mol. The highest BCUT2D eigenvalue weighted by atomic mass is 31.2. The lowest BCUT2D eigenvalue weighted by molar-refractivity contribution is -0.870. The third-order valence-corrected chi connectivity index (χ3v) is 12.5. The lowest BCUT2D eigenvalue weighted by atomic mass is 10.1. The summed E-state index contributed by atoms with van der Waals surface area (Å²) < 4.78 is 35.2. The molecule has 0 rings (SSSR count). The van der Waals surface area contributed by atoms with E-state index in [2.05, 4.69) is 135 Å². The highest BCUT2D eigenvalue weighted by Crippen LogP contribution is 2.43. The number of quaternary nitrogens is 1. The summed E-state index contributed by atoms with van der Waals surface area (Å²) >= 11 is 0. The highest BCUT2D eigenvalue weighted by molar-refractivity contribution is 7.47. The van der Waals surface area contributed by atoms with Gasteiger partial charge in [-0.15, -0.1) is 0 Å². The van der Waals surface area contributed by atoms with Gasteiger partial charge in [0.05, 0.1) is 34.4 Å². The fourth-order valence-corrected chi connectivity index (χ4v) is 7.93. The van der Waals surface area contributed by atoms with Crippen LogP contribution in [0.3, 0.4) is 0 Å². The number of phosphoric ester groups is 1. The molecule has 0 saturated heterocycles. The molecule has 0 spiro atoms. The molecule has 2 atom stereocenters. The summed E-state index contributed by atoms with van der Waals surface area (Å²) in [6.07, 6.45) is 76.8. The van der Waals surface area contributed by atoms with Crippen molar-refractivity contribution in [1.82, 2.24) is 0 Å². The Morgan fingerprint density at radius 3 is 1.23 bits per heavy atom. The van der Waals surface area contributed by atoms with Gasteiger partial charge in [-0.2, -0.15) is 0 Å². The van der Waals surface area contributed by atoms with Crippen molar-refractivity contribution in [3.8, 4) is 0 Å². The molecule has 1 N–H and O–H groups in total. The minimum atomic E-state index is -4.30. The second-order valence-corrected chi connectivity index (χ2v) is 21.0. The van der Waals surface area contributed by atoms with Gasteiger partial charge in [0.1, 0.15) is 19.3 Å². The Bertz CT molecular complexity index is 1550. The van der Waals surface area contributed by atoms with Crippen molar-refractivity contribution >= 4 is 13.8 Å². The number of phosphoric acid groups is 1. The Hall–Kier alpha value is -3.10. The van der Waals surface area contributed by atoms with Crippen LogP contribution < -0.4 is 0 Å². The monoisotopic (exact) mass is 1010 g/mol. The van der Waals surface area contributed by atoms with Crippen LogP contribution in [-0.4, -0.2) is 75.6 Å². The van der Waals surface area contributed by atoms with Crippen LogP contribution in [0.5, 0.6) is 0 Å². The standard InChI is InChI=1S/C62H106NO7P/c1-6-8-10-12-14-16-18-20-22-24-26-28-30-31-32-34-36-38-40-42-44-46-48-50-52-54-57-67-59-61(60-69-71(65,66)68-58-56-63(3,4)5)70-62(64)55-53-51-49-47-45-43-41-39-37-35-33-29-27-25-23-21-19-17-15-13-11-9-7-2/h8,10,14,16,19-22,25-28,31-33,35-36,38,42,44,61H,6-7,9,11-13,15,17-18,23-24,29-30,34,37,39-41,43,45-60H2,1-5H3/p+1/b10-8-,16-14-,21-19-,22-20-,27-25-,28-26-,32-31-,35-33-,38-36-,44-42-. The Morgan fingerprint density at radius 1 is 0.451 bits per heavy atom. The number of unbranched alkanes of at least 4 members (excludes halogenated alkanes) is 17. The van der Waals surface area contributed by atoms with Crippen molar-refractivity contribution in [2.45, 2.75) is 213 Å². The van der Waals surface area contributed by atoms with E-state index in [1.165, 1.54) is 70.6 Å². The molecule has 0 aromatic heterocycles. The normalized spacial score (nSPS) is 14.4. The van der Waals surface area contributed by atoms with Crippen molar-refractivity contribution in [3.63, 3.8) is 0 Å². The molecule has 406 valence electrons. The third kappa shape index (κ3) is 57.7. The van der Waals surface area contributed by atoms with Crippen LogP contribution in [0, 0.1) is 0 Å². The van der Waals surface area contributed by atoms with Gasteiger partial charge in [-0.05, 0) is 109 Å². The molecule has 9 heteroatoms. The molecule has 0 aromatic carbocycles. The summed E-state index contributed by atoms with van der Waals surface area (Å²) in [5.41, 5.74) is 0. The van der Waals surface area contributed by atoms with Crippen LogP contribution >= 0.6 is 7.82 Å². The van der Waals surface area contributed by atoms with Crippen molar-refractivity contribution in [2.24, 2.45) is 0 Å². The summed E-state index contributed by atoms with van der Waals surface area (Å²) in [7, 11) is 1.63. The van der Waals surface area contributed by atoms with Crippen LogP contribution in [0.15, 0.2) is 122 Å². The first-order valence-corrected chi connectivity index (χ1v) is 29.8. The number of nitrogens with zero attached hydrogens (tertiary/aromatic N) is 1. The summed E-state index contributed by atoms with van der Waals surface area (Å²) in [4.78, 5) is 23.1. The van der Waals surface area contributed by atoms with Gasteiger partial charge in [0.25, 0.3) is 0 Å². The van der Waals surface area contributed by atoms with Crippen LogP contribution in [0.4, 0.5) is 0 Å². The van der Waals surface area contributed by atoms with E-state index in [-0.39, 0.29) is 25.8 Å². The van der Waals surface area contributed by atoms with E-state index in [4.69, 9.17) is 18.5 Å². The van der Waals surface area contributed by atoms with Crippen LogP contribution in [0.2, 0.25) is 0 Å². The van der Waals surface area contributed by atoms with Crippen molar-refractivity contribution in [3.05, 3.63) is 122 Å². The number of likely N-dealkylation sites (N-methyl/N-ethyl adjacent to an activating group) is 1. The first-order chi connectivity index (χ1) is 34.6. The van der Waals surface area contributed by atoms with Crippen LogP contribution in [0.25, 0.3) is 0 Å². The first kappa shape index (κ1) is 67.9. The van der Waals surface area contributed by atoms with Gasteiger partial charge in [-0.25, -0.2) is 4.57 Å². The molecule has 0 bridgehead atoms. The van der Waals surface area contributed by atoms with Crippen LogP contribution in [-0.2, 0) is 27.9 Å². The first-order valence-electron chi connectivity index (χ1n) is 28.3. The van der Waals surface area contributed by atoms with E-state index in [1.807, 2.05) is 21.1 Å². The van der Waals surface area contributed by atoms with E-state index in [0.717, 1.165) is 116 Å². The topological polar surface area (TPSA) is 91.3 Å². The van der Waals surface area contributed by atoms with Gasteiger partial charge in [0.2, 0.25) is 0 Å². The number of hydrogen-bond donors (Lipinski definition) is 1. The van der Waals surface area contributed by atoms with Crippen molar-refractivity contribution in [2.75, 3.05) is 54.1 Å². The average molecular weight is 1010 g/mol. The zero-order valence-corrected chi connectivity index (χ0v) is 47.1. The maximum atomic E-state index is 12.8. The van der Waals surface area contributed by atoms with Gasteiger partial charge < -0.3 is 18.9 Å².